The van der Waals surface area contributed by atoms with Gasteiger partial charge < -0.3 is 9.47 Å². The minimum Gasteiger partial charge on any atom is -0.369 e. The number of benzene rings is 3. The number of hydrogen-bond acceptors (Lipinski definition) is 4. The number of carbonyl (C=O) groups excluding carboxylic acids is 1. The van der Waals surface area contributed by atoms with E-state index in [2.05, 4.69) is 44.6 Å². The summed E-state index contributed by atoms with van der Waals surface area (Å²) in [5.41, 5.74) is 9.38. The average molecular weight is 510 g/mol. The van der Waals surface area contributed by atoms with Gasteiger partial charge in [-0.1, -0.05) is 30.3 Å². The molecule has 1 amide bonds. The minimum atomic E-state index is -0.268. The van der Waals surface area contributed by atoms with Crippen LogP contribution in [0.1, 0.15) is 32.9 Å². The summed E-state index contributed by atoms with van der Waals surface area (Å²) in [7, 11) is 0. The first kappa shape index (κ1) is 25.4. The number of amides is 1. The van der Waals surface area contributed by atoms with Crippen LogP contribution in [-0.2, 0) is 6.54 Å². The molecule has 0 bridgehead atoms. The molecular formula is C31H32FN5O. The number of nitrogens with one attached hydrogen (secondary N) is 1. The highest BCUT2D eigenvalue weighted by Gasteiger charge is 2.17. The summed E-state index contributed by atoms with van der Waals surface area (Å²) in [6.45, 7) is 8.86. The van der Waals surface area contributed by atoms with Crippen molar-refractivity contribution in [2.45, 2.75) is 20.4 Å². The van der Waals surface area contributed by atoms with Gasteiger partial charge in [0.25, 0.3) is 5.91 Å². The SMILES string of the molecule is Cc1cc(/C=N/NC(=O)c2ccc(CN3CCN(c4ccccc4)CC3)cc2)c(C)n1-c1ccc(F)cc1. The standard InChI is InChI=1S/C31H32FN5O/c1-23-20-27(24(2)37(23)30-14-12-28(32)13-15-30)21-33-34-31(38)26-10-8-25(9-11-26)22-35-16-18-36(19-17-35)29-6-4-3-5-7-29/h3-15,20-21H,16-19,22H2,1-2H3,(H,34,38)/b33-21+. The van der Waals surface area contributed by atoms with E-state index in [1.807, 2.05) is 54.8 Å². The van der Waals surface area contributed by atoms with E-state index in [-0.39, 0.29) is 11.7 Å². The normalized spacial score (nSPS) is 14.2. The number of para-hydroxylation sites is 1. The zero-order valence-corrected chi connectivity index (χ0v) is 21.8. The van der Waals surface area contributed by atoms with Crippen molar-refractivity contribution >= 4 is 17.8 Å². The number of aryl methyl sites for hydroxylation is 1. The van der Waals surface area contributed by atoms with E-state index in [9.17, 15) is 9.18 Å². The van der Waals surface area contributed by atoms with Crippen LogP contribution in [0.3, 0.4) is 0 Å². The molecule has 1 fully saturated rings. The van der Waals surface area contributed by atoms with E-state index >= 15 is 0 Å². The maximum absolute atomic E-state index is 13.3. The Kier molecular flexibility index (Phi) is 7.65. The number of halogens is 1. The topological polar surface area (TPSA) is 52.9 Å². The lowest BCUT2D eigenvalue weighted by Gasteiger charge is -2.36. The summed E-state index contributed by atoms with van der Waals surface area (Å²) >= 11 is 0. The number of carbonyl (C=O) groups is 1. The molecule has 2 heterocycles. The van der Waals surface area contributed by atoms with Crippen molar-refractivity contribution < 1.29 is 9.18 Å². The van der Waals surface area contributed by atoms with Crippen LogP contribution in [0.25, 0.3) is 5.69 Å². The summed E-state index contributed by atoms with van der Waals surface area (Å²) in [5, 5.41) is 4.18. The van der Waals surface area contributed by atoms with Crippen molar-refractivity contribution in [3.8, 4) is 5.69 Å². The van der Waals surface area contributed by atoms with Gasteiger partial charge in [-0.3, -0.25) is 9.69 Å². The van der Waals surface area contributed by atoms with E-state index in [0.717, 1.165) is 55.4 Å². The quantitative estimate of drug-likeness (QED) is 0.271. The monoisotopic (exact) mass is 509 g/mol. The van der Waals surface area contributed by atoms with E-state index in [4.69, 9.17) is 0 Å². The fourth-order valence-electron chi connectivity index (χ4n) is 4.95. The summed E-state index contributed by atoms with van der Waals surface area (Å²) < 4.78 is 15.3. The Morgan fingerprint density at radius 2 is 1.58 bits per heavy atom. The van der Waals surface area contributed by atoms with E-state index in [1.165, 1.54) is 23.4 Å². The van der Waals surface area contributed by atoms with Gasteiger partial charge >= 0.3 is 0 Å². The maximum atomic E-state index is 13.3. The largest absolute Gasteiger partial charge is 0.369 e. The fourth-order valence-corrected chi connectivity index (χ4v) is 4.95. The predicted octanol–water partition coefficient (Wildman–Crippen LogP) is 5.32. The fraction of sp³-hybridized carbons (Fsp3) is 0.226. The highest BCUT2D eigenvalue weighted by molar-refractivity contribution is 5.95. The van der Waals surface area contributed by atoms with Crippen molar-refractivity contribution in [2.75, 3.05) is 31.1 Å². The van der Waals surface area contributed by atoms with Crippen molar-refractivity contribution in [3.63, 3.8) is 0 Å². The second-order valence-corrected chi connectivity index (χ2v) is 9.63. The molecular weight excluding hydrogens is 477 g/mol. The molecule has 0 aliphatic carbocycles. The van der Waals surface area contributed by atoms with Crippen LogP contribution < -0.4 is 10.3 Å². The second-order valence-electron chi connectivity index (χ2n) is 9.63. The molecule has 0 atom stereocenters. The van der Waals surface area contributed by atoms with Gasteiger partial charge in [-0.05, 0) is 74.0 Å². The minimum absolute atomic E-state index is 0.253. The Morgan fingerprint density at radius 1 is 0.895 bits per heavy atom. The molecule has 1 aromatic heterocycles. The first-order valence-electron chi connectivity index (χ1n) is 12.9. The number of rotatable bonds is 7. The number of anilines is 1. The number of aromatic nitrogens is 1. The zero-order chi connectivity index (χ0) is 26.5. The smallest absolute Gasteiger partial charge is 0.271 e. The molecule has 6 nitrogen and oxygen atoms in total. The van der Waals surface area contributed by atoms with Gasteiger partial charge in [0.2, 0.25) is 0 Å². The van der Waals surface area contributed by atoms with Crippen molar-refractivity contribution in [2.24, 2.45) is 5.10 Å². The second kappa shape index (κ2) is 11.4. The summed E-state index contributed by atoms with van der Waals surface area (Å²) in [6, 6.07) is 26.6. The molecule has 1 saturated heterocycles. The molecule has 1 aliphatic rings. The molecule has 4 aromatic rings. The molecule has 194 valence electrons. The molecule has 0 radical (unpaired) electrons. The summed E-state index contributed by atoms with van der Waals surface area (Å²) in [4.78, 5) is 17.5. The lowest BCUT2D eigenvalue weighted by Crippen LogP contribution is -2.45. The molecule has 0 saturated carbocycles. The molecule has 7 heteroatoms. The van der Waals surface area contributed by atoms with Crippen LogP contribution in [0, 0.1) is 19.7 Å². The van der Waals surface area contributed by atoms with Gasteiger partial charge in [0, 0.05) is 66.6 Å². The van der Waals surface area contributed by atoms with Crippen molar-refractivity contribution in [1.29, 1.82) is 0 Å². The zero-order valence-electron chi connectivity index (χ0n) is 21.8. The molecule has 3 aromatic carbocycles. The number of hydrazone groups is 1. The van der Waals surface area contributed by atoms with Crippen LogP contribution in [0.5, 0.6) is 0 Å². The molecule has 5 rings (SSSR count). The third kappa shape index (κ3) is 5.84. The number of hydrogen-bond donors (Lipinski definition) is 1. The van der Waals surface area contributed by atoms with Crippen molar-refractivity contribution in [1.82, 2.24) is 14.9 Å². The Morgan fingerprint density at radius 3 is 2.26 bits per heavy atom. The summed E-state index contributed by atoms with van der Waals surface area (Å²) in [5.74, 6) is -0.521. The van der Waals surface area contributed by atoms with Gasteiger partial charge in [0.15, 0.2) is 0 Å². The van der Waals surface area contributed by atoms with Gasteiger partial charge in [0.05, 0.1) is 6.21 Å². The maximum Gasteiger partial charge on any atom is 0.271 e. The molecule has 1 aliphatic heterocycles. The van der Waals surface area contributed by atoms with Crippen LogP contribution in [0.2, 0.25) is 0 Å². The average Bonchev–Trinajstić information content (AvgIpc) is 3.23. The van der Waals surface area contributed by atoms with E-state index in [0.29, 0.717) is 5.56 Å². The lowest BCUT2D eigenvalue weighted by atomic mass is 10.1. The Hall–Kier alpha value is -4.23. The number of piperazine rings is 1. The molecule has 0 unspecified atom stereocenters. The summed E-state index contributed by atoms with van der Waals surface area (Å²) in [6.07, 6.45) is 1.64. The highest BCUT2D eigenvalue weighted by Crippen LogP contribution is 2.20. The number of nitrogens with zero attached hydrogens (tertiary/aromatic N) is 4. The van der Waals surface area contributed by atoms with Crippen LogP contribution >= 0.6 is 0 Å². The Bertz CT molecular complexity index is 1400. The predicted molar refractivity (Wildman–Crippen MR) is 151 cm³/mol. The van der Waals surface area contributed by atoms with Gasteiger partial charge in [-0.25, -0.2) is 9.82 Å². The van der Waals surface area contributed by atoms with Crippen LogP contribution in [-0.4, -0.2) is 47.8 Å². The van der Waals surface area contributed by atoms with Gasteiger partial charge in [-0.2, -0.15) is 5.10 Å². The first-order valence-corrected chi connectivity index (χ1v) is 12.9. The molecule has 1 N–H and O–H groups in total. The van der Waals surface area contributed by atoms with Crippen LogP contribution in [0.4, 0.5) is 10.1 Å². The van der Waals surface area contributed by atoms with Gasteiger partial charge in [0.1, 0.15) is 5.82 Å². The highest BCUT2D eigenvalue weighted by atomic mass is 19.1. The van der Waals surface area contributed by atoms with Crippen LogP contribution in [0.15, 0.2) is 90.0 Å². The van der Waals surface area contributed by atoms with Crippen molar-refractivity contribution in [3.05, 3.63) is 119 Å². The lowest BCUT2D eigenvalue weighted by molar-refractivity contribution is 0.0955. The molecule has 38 heavy (non-hydrogen) atoms. The first-order chi connectivity index (χ1) is 18.5. The van der Waals surface area contributed by atoms with E-state index in [1.54, 1.807) is 18.3 Å². The van der Waals surface area contributed by atoms with E-state index < -0.39 is 0 Å². The molecule has 0 spiro atoms. The Labute approximate surface area is 223 Å². The third-order valence-corrected chi connectivity index (χ3v) is 7.04. The third-order valence-electron chi connectivity index (χ3n) is 7.04. The van der Waals surface area contributed by atoms with Gasteiger partial charge in [-0.15, -0.1) is 0 Å². The Balaban J connectivity index is 1.14.